The molecule has 2 aliphatic rings. The molecule has 0 amide bonds. The maximum Gasteiger partial charge on any atom is 0.260 e. The maximum atomic E-state index is 4.54. The van der Waals surface area contributed by atoms with Crippen molar-refractivity contribution in [3.8, 4) is 0 Å². The van der Waals surface area contributed by atoms with Gasteiger partial charge < -0.3 is 0 Å². The molecule has 0 atom stereocenters. The summed E-state index contributed by atoms with van der Waals surface area (Å²) >= 11 is 9.09. The summed E-state index contributed by atoms with van der Waals surface area (Å²) in [5.41, 5.74) is 7.99. The zero-order valence-corrected chi connectivity index (χ0v) is 29.0. The zero-order chi connectivity index (χ0) is 27.3. The van der Waals surface area contributed by atoms with Crippen LogP contribution in [0.25, 0.3) is 0 Å². The van der Waals surface area contributed by atoms with Crippen LogP contribution in [0.15, 0.2) is 36.4 Å². The Morgan fingerprint density at radius 2 is 0.919 bits per heavy atom. The Labute approximate surface area is 245 Å². The fourth-order valence-electron chi connectivity index (χ4n) is 8.86. The van der Waals surface area contributed by atoms with Crippen molar-refractivity contribution in [3.63, 3.8) is 0 Å². The lowest BCUT2D eigenvalue weighted by Gasteiger charge is -2.39. The Balaban J connectivity index is 2.29. The number of hydrogen-bond donors (Lipinski definition) is 0. The minimum Gasteiger partial charge on any atom is -0.0987 e. The Bertz CT molecular complexity index is 1040. The first kappa shape index (κ1) is 29.6. The molecule has 0 heterocycles. The van der Waals surface area contributed by atoms with Gasteiger partial charge in [-0.15, -0.1) is 0 Å². The molecule has 0 unspecified atom stereocenters. The largest absolute Gasteiger partial charge is 0.260 e. The molecule has 204 valence electrons. The van der Waals surface area contributed by atoms with Gasteiger partial charge in [-0.1, -0.05) is 122 Å². The van der Waals surface area contributed by atoms with Crippen LogP contribution in [-0.2, 0) is 21.7 Å². The number of fused-ring (bicyclic) bond motifs is 2. The first-order chi connectivity index (χ1) is 17.6. The molecule has 3 heteroatoms. The standard InChI is InChI=1S/C34H50Br2Si/c1-9-31(10-2)23-33(13-5,14-6)28-26(31)22-27-29(30(28)37(35,36)25-20-18-17-19-21-25)34(15-7,16-8)24-32(27,11-3)12-4/h17-22H,9-16,23-24H2,1-8H3. The van der Waals surface area contributed by atoms with Gasteiger partial charge >= 0.3 is 0 Å². The van der Waals surface area contributed by atoms with E-state index in [0.29, 0.717) is 0 Å². The Hall–Kier alpha value is -0.383. The Morgan fingerprint density at radius 1 is 0.568 bits per heavy atom. The highest BCUT2D eigenvalue weighted by Crippen LogP contribution is 2.62. The van der Waals surface area contributed by atoms with Gasteiger partial charge in [0, 0.05) is 0 Å². The third-order valence-corrected chi connectivity index (χ3v) is 19.1. The maximum absolute atomic E-state index is 4.54. The molecule has 4 rings (SSSR count). The highest BCUT2D eigenvalue weighted by Gasteiger charge is 2.58. The van der Waals surface area contributed by atoms with Crippen LogP contribution in [0.3, 0.4) is 0 Å². The lowest BCUT2D eigenvalue weighted by molar-refractivity contribution is 0.279. The first-order valence-electron chi connectivity index (χ1n) is 15.3. The smallest absolute Gasteiger partial charge is 0.0987 e. The zero-order valence-electron chi connectivity index (χ0n) is 24.8. The minimum atomic E-state index is -2.36. The third kappa shape index (κ3) is 4.06. The fraction of sp³-hybridized carbons (Fsp3) is 0.647. The second kappa shape index (κ2) is 10.5. The van der Waals surface area contributed by atoms with E-state index >= 15 is 0 Å². The van der Waals surface area contributed by atoms with Crippen LogP contribution in [-0.4, -0.2) is 5.31 Å². The summed E-state index contributed by atoms with van der Waals surface area (Å²) < 4.78 is 0. The molecule has 2 aromatic rings. The quantitative estimate of drug-likeness (QED) is 0.178. The summed E-state index contributed by atoms with van der Waals surface area (Å²) in [6, 6.07) is 14.2. The molecule has 0 nitrogen and oxygen atoms in total. The van der Waals surface area contributed by atoms with E-state index in [1.807, 2.05) is 0 Å². The molecule has 0 aromatic heterocycles. The summed E-state index contributed by atoms with van der Waals surface area (Å²) in [6.07, 6.45) is 12.4. The first-order valence-corrected chi connectivity index (χ1v) is 21.8. The summed E-state index contributed by atoms with van der Waals surface area (Å²) in [7, 11) is 0. The number of benzene rings is 2. The Kier molecular flexibility index (Phi) is 8.44. The predicted octanol–water partition coefficient (Wildman–Crippen LogP) is 10.1. The van der Waals surface area contributed by atoms with Gasteiger partial charge in [0.15, 0.2) is 0 Å². The lowest BCUT2D eigenvalue weighted by Crippen LogP contribution is -2.54. The molecule has 2 aliphatic carbocycles. The summed E-state index contributed by atoms with van der Waals surface area (Å²) in [4.78, 5) is 0. The molecular formula is C34H50Br2Si. The van der Waals surface area contributed by atoms with Crippen LogP contribution >= 0.6 is 30.6 Å². The minimum absolute atomic E-state index is 0.247. The monoisotopic (exact) mass is 644 g/mol. The number of hydrogen-bond acceptors (Lipinski definition) is 0. The highest BCUT2D eigenvalue weighted by atomic mass is 79.9. The average Bonchev–Trinajstić information content (AvgIpc) is 3.41. The number of halogens is 2. The van der Waals surface area contributed by atoms with Gasteiger partial charge in [-0.2, -0.15) is 0 Å². The predicted molar refractivity (Wildman–Crippen MR) is 174 cm³/mol. The van der Waals surface area contributed by atoms with Crippen LogP contribution in [0.5, 0.6) is 0 Å². The van der Waals surface area contributed by atoms with Gasteiger partial charge in [0.25, 0.3) is 5.31 Å². The van der Waals surface area contributed by atoms with Crippen LogP contribution in [0, 0.1) is 0 Å². The van der Waals surface area contributed by atoms with Crippen molar-refractivity contribution in [2.45, 2.75) is 141 Å². The second-order valence-electron chi connectivity index (χ2n) is 12.3. The van der Waals surface area contributed by atoms with Crippen molar-refractivity contribution < 1.29 is 0 Å². The molecule has 0 spiro atoms. The van der Waals surface area contributed by atoms with E-state index < -0.39 is 5.31 Å². The molecule has 37 heavy (non-hydrogen) atoms. The van der Waals surface area contributed by atoms with Gasteiger partial charge in [-0.05, 0) is 118 Å². The molecule has 0 radical (unpaired) electrons. The second-order valence-corrected chi connectivity index (χ2v) is 24.9. The third-order valence-electron chi connectivity index (χ3n) is 11.7. The number of rotatable bonds is 10. The van der Waals surface area contributed by atoms with Crippen molar-refractivity contribution >= 4 is 46.3 Å². The van der Waals surface area contributed by atoms with E-state index in [-0.39, 0.29) is 21.7 Å². The van der Waals surface area contributed by atoms with E-state index in [1.165, 1.54) is 69.4 Å². The molecule has 0 aliphatic heterocycles. The van der Waals surface area contributed by atoms with Gasteiger partial charge in [-0.3, -0.25) is 0 Å². The van der Waals surface area contributed by atoms with Crippen molar-refractivity contribution in [2.24, 2.45) is 0 Å². The topological polar surface area (TPSA) is 0 Å². The van der Waals surface area contributed by atoms with Crippen LogP contribution < -0.4 is 10.4 Å². The van der Waals surface area contributed by atoms with Crippen LogP contribution in [0.1, 0.15) is 142 Å². The lowest BCUT2D eigenvalue weighted by atomic mass is 9.70. The average molecular weight is 647 g/mol. The molecule has 0 N–H and O–H groups in total. The molecule has 0 saturated heterocycles. The van der Waals surface area contributed by atoms with Gasteiger partial charge in [0.05, 0.1) is 0 Å². The summed E-state index contributed by atoms with van der Waals surface area (Å²) in [6.45, 7) is 19.7. The summed E-state index contributed by atoms with van der Waals surface area (Å²) in [5, 5.41) is 0.799. The Morgan fingerprint density at radius 3 is 1.24 bits per heavy atom. The molecule has 0 saturated carbocycles. The van der Waals surface area contributed by atoms with Crippen molar-refractivity contribution in [2.75, 3.05) is 0 Å². The SMILES string of the molecule is CCC1(CC)CC(CC)(CC)c2c1cc1c(c2[Si](Br)(Br)c2ccccc2)C(CC)(CC)CC1(CC)CC. The van der Waals surface area contributed by atoms with Crippen molar-refractivity contribution in [1.82, 2.24) is 0 Å². The van der Waals surface area contributed by atoms with Gasteiger partial charge in [0.1, 0.15) is 0 Å². The van der Waals surface area contributed by atoms with Crippen molar-refractivity contribution in [1.29, 1.82) is 0 Å². The van der Waals surface area contributed by atoms with E-state index in [1.54, 1.807) is 27.4 Å². The van der Waals surface area contributed by atoms with Crippen molar-refractivity contribution in [3.05, 3.63) is 58.7 Å². The van der Waals surface area contributed by atoms with E-state index in [9.17, 15) is 0 Å². The van der Waals surface area contributed by atoms with Gasteiger partial charge in [-0.25, -0.2) is 0 Å². The highest BCUT2D eigenvalue weighted by molar-refractivity contribution is 9.52. The van der Waals surface area contributed by atoms with Crippen LogP contribution in [0.4, 0.5) is 0 Å². The molecule has 0 bridgehead atoms. The van der Waals surface area contributed by atoms with Crippen LogP contribution in [0.2, 0.25) is 0 Å². The van der Waals surface area contributed by atoms with E-state index in [2.05, 4.69) is 122 Å². The van der Waals surface area contributed by atoms with Gasteiger partial charge in [0.2, 0.25) is 0 Å². The molecule has 0 fully saturated rings. The van der Waals surface area contributed by atoms with E-state index in [0.717, 1.165) is 0 Å². The normalized spacial score (nSPS) is 20.6. The molecular weight excluding hydrogens is 596 g/mol. The fourth-order valence-corrected chi connectivity index (χ4v) is 15.2. The van der Waals surface area contributed by atoms with E-state index in [4.69, 9.17) is 0 Å². The molecule has 2 aromatic carbocycles. The summed E-state index contributed by atoms with van der Waals surface area (Å²) in [5.74, 6) is 0.